The van der Waals surface area contributed by atoms with E-state index < -0.39 is 0 Å². The number of aryl methyl sites for hydroxylation is 1. The Morgan fingerprint density at radius 2 is 1.81 bits per heavy atom. The van der Waals surface area contributed by atoms with Crippen molar-refractivity contribution in [3.05, 3.63) is 29.3 Å². The van der Waals surface area contributed by atoms with Gasteiger partial charge >= 0.3 is 0 Å². The molecular weight excluding hydrogens is 326 g/mol. The number of carbonyl (C=O) groups is 2. The minimum absolute atomic E-state index is 0.0608. The van der Waals surface area contributed by atoms with Crippen LogP contribution in [0.4, 0.5) is 5.69 Å². The van der Waals surface area contributed by atoms with Gasteiger partial charge in [0.05, 0.1) is 0 Å². The molecule has 1 aromatic carbocycles. The molecule has 140 valence electrons. The first-order chi connectivity index (χ1) is 12.7. The summed E-state index contributed by atoms with van der Waals surface area (Å²) in [7, 11) is 0. The zero-order valence-electron chi connectivity index (χ0n) is 15.5. The van der Waals surface area contributed by atoms with E-state index in [-0.39, 0.29) is 11.8 Å². The fraction of sp³-hybridized carbons (Fsp3) is 0.619. The van der Waals surface area contributed by atoms with Crippen LogP contribution in [0.3, 0.4) is 0 Å². The van der Waals surface area contributed by atoms with Crippen LogP contribution in [0.15, 0.2) is 18.2 Å². The van der Waals surface area contributed by atoms with E-state index in [4.69, 9.17) is 0 Å². The van der Waals surface area contributed by atoms with E-state index in [1.807, 2.05) is 23.1 Å². The Balaban J connectivity index is 1.32. The molecule has 5 nitrogen and oxygen atoms in total. The molecular formula is C21H29N3O2. The predicted molar refractivity (Wildman–Crippen MR) is 102 cm³/mol. The van der Waals surface area contributed by atoms with E-state index in [2.05, 4.69) is 10.2 Å². The predicted octanol–water partition coefficient (Wildman–Crippen LogP) is 2.91. The molecule has 1 saturated heterocycles. The van der Waals surface area contributed by atoms with Crippen molar-refractivity contribution >= 4 is 17.5 Å². The SMILES string of the molecule is O=C1CCc2cc(C(=O)N3CCN(CC4CCCCC4)CC3)ccc2N1. The quantitative estimate of drug-likeness (QED) is 0.907. The van der Waals surface area contributed by atoms with Crippen molar-refractivity contribution in [3.63, 3.8) is 0 Å². The monoisotopic (exact) mass is 355 g/mol. The molecule has 0 radical (unpaired) electrons. The first kappa shape index (κ1) is 17.5. The molecule has 0 atom stereocenters. The molecule has 26 heavy (non-hydrogen) atoms. The second-order valence-electron chi connectivity index (χ2n) is 8.02. The lowest BCUT2D eigenvalue weighted by Crippen LogP contribution is -2.49. The van der Waals surface area contributed by atoms with Gasteiger partial charge in [-0.1, -0.05) is 19.3 Å². The molecule has 1 aromatic rings. The van der Waals surface area contributed by atoms with Gasteiger partial charge in [-0.25, -0.2) is 0 Å². The zero-order chi connectivity index (χ0) is 17.9. The summed E-state index contributed by atoms with van der Waals surface area (Å²) in [5.41, 5.74) is 2.68. The van der Waals surface area contributed by atoms with Gasteiger partial charge in [0.15, 0.2) is 0 Å². The lowest BCUT2D eigenvalue weighted by Gasteiger charge is -2.37. The number of nitrogens with one attached hydrogen (secondary N) is 1. The highest BCUT2D eigenvalue weighted by atomic mass is 16.2. The van der Waals surface area contributed by atoms with Crippen LogP contribution in [0, 0.1) is 5.92 Å². The maximum Gasteiger partial charge on any atom is 0.253 e. The Morgan fingerprint density at radius 1 is 1.04 bits per heavy atom. The zero-order valence-corrected chi connectivity index (χ0v) is 15.5. The lowest BCUT2D eigenvalue weighted by atomic mass is 9.89. The summed E-state index contributed by atoms with van der Waals surface area (Å²) in [6.45, 7) is 4.83. The van der Waals surface area contributed by atoms with Crippen molar-refractivity contribution in [3.8, 4) is 0 Å². The third-order valence-corrected chi connectivity index (χ3v) is 6.15. The molecule has 3 aliphatic rings. The number of benzene rings is 1. The Bertz CT molecular complexity index is 674. The van der Waals surface area contributed by atoms with Crippen LogP contribution in [0.1, 0.15) is 54.4 Å². The summed E-state index contributed by atoms with van der Waals surface area (Å²) >= 11 is 0. The van der Waals surface area contributed by atoms with Gasteiger partial charge in [0.2, 0.25) is 5.91 Å². The van der Waals surface area contributed by atoms with E-state index in [0.29, 0.717) is 6.42 Å². The van der Waals surface area contributed by atoms with E-state index in [0.717, 1.165) is 55.3 Å². The number of fused-ring (bicyclic) bond motifs is 1. The number of hydrogen-bond acceptors (Lipinski definition) is 3. The number of piperazine rings is 1. The minimum Gasteiger partial charge on any atom is -0.336 e. The number of hydrogen-bond donors (Lipinski definition) is 1. The smallest absolute Gasteiger partial charge is 0.253 e. The van der Waals surface area contributed by atoms with Crippen molar-refractivity contribution < 1.29 is 9.59 Å². The van der Waals surface area contributed by atoms with Gasteiger partial charge in [-0.05, 0) is 48.9 Å². The van der Waals surface area contributed by atoms with Crippen LogP contribution in [-0.4, -0.2) is 54.3 Å². The topological polar surface area (TPSA) is 52.7 Å². The highest BCUT2D eigenvalue weighted by molar-refractivity contribution is 5.98. The van der Waals surface area contributed by atoms with Gasteiger partial charge < -0.3 is 10.2 Å². The molecule has 2 fully saturated rings. The lowest BCUT2D eigenvalue weighted by molar-refractivity contribution is -0.116. The van der Waals surface area contributed by atoms with Gasteiger partial charge in [-0.15, -0.1) is 0 Å². The van der Waals surface area contributed by atoms with Crippen LogP contribution in [0.25, 0.3) is 0 Å². The summed E-state index contributed by atoms with van der Waals surface area (Å²) in [6.07, 6.45) is 8.17. The standard InChI is InChI=1S/C21H29N3O2/c25-20-9-7-17-14-18(6-8-19(17)22-20)21(26)24-12-10-23(11-13-24)15-16-4-2-1-3-5-16/h6,8,14,16H,1-5,7,9-13,15H2,(H,22,25). The third kappa shape index (κ3) is 3.93. The number of rotatable bonds is 3. The average molecular weight is 355 g/mol. The molecule has 5 heteroatoms. The number of nitrogens with zero attached hydrogens (tertiary/aromatic N) is 2. The summed E-state index contributed by atoms with van der Waals surface area (Å²) in [5.74, 6) is 1.05. The summed E-state index contributed by atoms with van der Waals surface area (Å²) < 4.78 is 0. The molecule has 0 bridgehead atoms. The van der Waals surface area contributed by atoms with E-state index in [9.17, 15) is 9.59 Å². The number of amides is 2. The molecule has 1 saturated carbocycles. The Morgan fingerprint density at radius 3 is 2.58 bits per heavy atom. The van der Waals surface area contributed by atoms with E-state index >= 15 is 0 Å². The maximum absolute atomic E-state index is 12.9. The van der Waals surface area contributed by atoms with Crippen LogP contribution >= 0.6 is 0 Å². The number of anilines is 1. The van der Waals surface area contributed by atoms with E-state index in [1.165, 1.54) is 38.6 Å². The molecule has 2 aliphatic heterocycles. The Hall–Kier alpha value is -1.88. The third-order valence-electron chi connectivity index (χ3n) is 6.15. The van der Waals surface area contributed by atoms with Gasteiger partial charge in [-0.3, -0.25) is 14.5 Å². The fourth-order valence-electron chi connectivity index (χ4n) is 4.57. The molecule has 2 amide bonds. The van der Waals surface area contributed by atoms with Crippen LogP contribution in [0.2, 0.25) is 0 Å². The van der Waals surface area contributed by atoms with Crippen molar-refractivity contribution in [1.82, 2.24) is 9.80 Å². The molecule has 0 aromatic heterocycles. The number of carbonyl (C=O) groups excluding carboxylic acids is 2. The van der Waals surface area contributed by atoms with Crippen LogP contribution < -0.4 is 5.32 Å². The molecule has 0 spiro atoms. The fourth-order valence-corrected chi connectivity index (χ4v) is 4.57. The Labute approximate surface area is 155 Å². The van der Waals surface area contributed by atoms with Crippen molar-refractivity contribution in [2.45, 2.75) is 44.9 Å². The van der Waals surface area contributed by atoms with Gasteiger partial charge in [0, 0.05) is 50.4 Å². The van der Waals surface area contributed by atoms with Crippen LogP contribution in [0.5, 0.6) is 0 Å². The summed E-state index contributed by atoms with van der Waals surface area (Å²) in [6, 6.07) is 5.69. The first-order valence-electron chi connectivity index (χ1n) is 10.1. The maximum atomic E-state index is 12.9. The molecule has 1 N–H and O–H groups in total. The normalized spacial score (nSPS) is 22.0. The van der Waals surface area contributed by atoms with Crippen molar-refractivity contribution in [1.29, 1.82) is 0 Å². The molecule has 1 aliphatic carbocycles. The molecule has 2 heterocycles. The van der Waals surface area contributed by atoms with Gasteiger partial charge in [0.1, 0.15) is 0 Å². The van der Waals surface area contributed by atoms with Crippen molar-refractivity contribution in [2.75, 3.05) is 38.0 Å². The highest BCUT2D eigenvalue weighted by Gasteiger charge is 2.25. The average Bonchev–Trinajstić information content (AvgIpc) is 2.68. The second kappa shape index (κ2) is 7.78. The largest absolute Gasteiger partial charge is 0.336 e. The minimum atomic E-state index is 0.0608. The highest BCUT2D eigenvalue weighted by Crippen LogP contribution is 2.26. The van der Waals surface area contributed by atoms with Gasteiger partial charge in [0.25, 0.3) is 5.91 Å². The Kier molecular flexibility index (Phi) is 5.25. The van der Waals surface area contributed by atoms with Crippen molar-refractivity contribution in [2.24, 2.45) is 5.92 Å². The molecule has 4 rings (SSSR count). The summed E-state index contributed by atoms with van der Waals surface area (Å²) in [5, 5.41) is 2.88. The van der Waals surface area contributed by atoms with Crippen LogP contribution in [-0.2, 0) is 11.2 Å². The van der Waals surface area contributed by atoms with E-state index in [1.54, 1.807) is 0 Å². The second-order valence-corrected chi connectivity index (χ2v) is 8.02. The molecule has 0 unspecified atom stereocenters. The first-order valence-corrected chi connectivity index (χ1v) is 10.1. The van der Waals surface area contributed by atoms with Gasteiger partial charge in [-0.2, -0.15) is 0 Å². The summed E-state index contributed by atoms with van der Waals surface area (Å²) in [4.78, 5) is 28.9.